The SMILES string of the molecule is Cc1ncsc1-c1ccc(C(NC(=O)C2CCCN2C(=O)C(C(C)C)N(N)/C=C(\N)c2ccc(COc3c(-c4c(C)c(F)cc5[nH]ncc45)c(Cl)c4c5c(nc(OC6CCOCC6)nc35)N3C5CNC(C5)C3CO4)cc2)C(C)O)cc1. The molecule has 7 unspecified atom stereocenters. The van der Waals surface area contributed by atoms with Gasteiger partial charge >= 0.3 is 6.01 Å². The topological polar surface area (TPSA) is 244 Å². The first kappa shape index (κ1) is 54.4. The van der Waals surface area contributed by atoms with Gasteiger partial charge in [-0.3, -0.25) is 14.7 Å². The number of aliphatic hydroxyl groups is 1. The molecule has 3 aromatic heterocycles. The van der Waals surface area contributed by atoms with Gasteiger partial charge in [0.1, 0.15) is 48.6 Å². The molecule has 5 aliphatic heterocycles. The number of hydrogen-bond donors (Lipinski definition) is 6. The smallest absolute Gasteiger partial charge is 0.319 e. The van der Waals surface area contributed by atoms with Gasteiger partial charge in [-0.2, -0.15) is 15.1 Å². The number of anilines is 1. The van der Waals surface area contributed by atoms with E-state index in [9.17, 15) is 14.7 Å². The number of aromatic amines is 1. The number of hydrazine groups is 1. The summed E-state index contributed by atoms with van der Waals surface area (Å²) in [5, 5.41) is 27.6. The van der Waals surface area contributed by atoms with Crippen LogP contribution in [0.25, 0.3) is 49.1 Å². The second-order valence-electron chi connectivity index (χ2n) is 22.2. The van der Waals surface area contributed by atoms with Crippen LogP contribution in [-0.4, -0.2) is 127 Å². The maximum Gasteiger partial charge on any atom is 0.319 e. The number of benzene rings is 4. The molecule has 7 atom stereocenters. The summed E-state index contributed by atoms with van der Waals surface area (Å²) in [6.45, 7) is 11.7. The van der Waals surface area contributed by atoms with Gasteiger partial charge < -0.3 is 55.2 Å². The number of aromatic nitrogens is 5. The molecular weight excluding hydrogens is 1080 g/mol. The minimum Gasteiger partial charge on any atom is -0.489 e. The Morgan fingerprint density at radius 2 is 1.85 bits per heavy atom. The minimum absolute atomic E-state index is 0.0247. The molecular formula is C59H66ClFN12O7S. The molecule has 8 N–H and O–H groups in total. The highest BCUT2D eigenvalue weighted by Gasteiger charge is 2.50. The van der Waals surface area contributed by atoms with Gasteiger partial charge in [0, 0.05) is 60.7 Å². The summed E-state index contributed by atoms with van der Waals surface area (Å²) in [7, 11) is 0. The number of carbonyl (C=O) groups is 2. The largest absolute Gasteiger partial charge is 0.489 e. The first-order valence-corrected chi connectivity index (χ1v) is 29.0. The molecule has 0 spiro atoms. The molecule has 0 saturated carbocycles. The first-order chi connectivity index (χ1) is 39.1. The molecule has 424 valence electrons. The van der Waals surface area contributed by atoms with Crippen LogP contribution in [0.1, 0.15) is 86.9 Å². The van der Waals surface area contributed by atoms with Crippen LogP contribution in [-0.2, 0) is 20.9 Å². The summed E-state index contributed by atoms with van der Waals surface area (Å²) in [4.78, 5) is 48.2. The Bertz CT molecular complexity index is 3560. The molecule has 8 heterocycles. The van der Waals surface area contributed by atoms with Gasteiger partial charge in [0.05, 0.1) is 75.3 Å². The number of likely N-dealkylation sites (tertiary alicyclic amines) is 1. The van der Waals surface area contributed by atoms with Gasteiger partial charge in [0.25, 0.3) is 0 Å². The number of nitrogens with zero attached hydrogens (tertiary/aromatic N) is 7. The minimum atomic E-state index is -0.909. The van der Waals surface area contributed by atoms with Crippen molar-refractivity contribution in [3.8, 4) is 39.1 Å². The lowest BCUT2D eigenvalue weighted by Gasteiger charge is -2.35. The van der Waals surface area contributed by atoms with Gasteiger partial charge in [-0.25, -0.2) is 15.2 Å². The van der Waals surface area contributed by atoms with Crippen molar-refractivity contribution in [1.82, 2.24) is 45.7 Å². The Morgan fingerprint density at radius 3 is 2.58 bits per heavy atom. The van der Waals surface area contributed by atoms with Crippen molar-refractivity contribution in [1.29, 1.82) is 0 Å². The number of thiazole rings is 1. The summed E-state index contributed by atoms with van der Waals surface area (Å²) in [5.74, 6) is 6.68. The maximum absolute atomic E-state index is 16.1. The molecule has 0 radical (unpaired) electrons. The van der Waals surface area contributed by atoms with Crippen LogP contribution in [0.2, 0.25) is 5.02 Å². The Kier molecular flexibility index (Phi) is 15.0. The number of carbonyl (C=O) groups excluding carboxylic acids is 2. The van der Waals surface area contributed by atoms with E-state index >= 15 is 4.39 Å². The lowest BCUT2D eigenvalue weighted by molar-refractivity contribution is -0.143. The summed E-state index contributed by atoms with van der Waals surface area (Å²) in [6.07, 6.45) is 5.46. The molecule has 2 bridgehead atoms. The Balaban J connectivity index is 0.815. The third-order valence-electron chi connectivity index (χ3n) is 16.7. The lowest BCUT2D eigenvalue weighted by atomic mass is 9.93. The van der Waals surface area contributed by atoms with Crippen LogP contribution in [0.5, 0.6) is 17.5 Å². The van der Waals surface area contributed by atoms with Crippen molar-refractivity contribution < 1.29 is 38.0 Å². The van der Waals surface area contributed by atoms with Gasteiger partial charge in [-0.1, -0.05) is 74.0 Å². The Hall–Kier alpha value is -7.14. The molecule has 5 aliphatic rings. The van der Waals surface area contributed by atoms with Crippen LogP contribution in [0.15, 0.2) is 72.5 Å². The predicted octanol–water partition coefficient (Wildman–Crippen LogP) is 7.84. The van der Waals surface area contributed by atoms with E-state index in [2.05, 4.69) is 30.7 Å². The molecule has 4 fully saturated rings. The third kappa shape index (κ3) is 10.1. The zero-order valence-electron chi connectivity index (χ0n) is 45.7. The Morgan fingerprint density at radius 1 is 1.07 bits per heavy atom. The first-order valence-electron chi connectivity index (χ1n) is 27.7. The number of aliphatic hydroxyl groups excluding tert-OH is 1. The van der Waals surface area contributed by atoms with Gasteiger partial charge in [0.2, 0.25) is 11.8 Å². The van der Waals surface area contributed by atoms with E-state index in [-0.39, 0.29) is 59.6 Å². The second-order valence-corrected chi connectivity index (χ2v) is 23.5. The van der Waals surface area contributed by atoms with Gasteiger partial charge in [0.15, 0.2) is 11.5 Å². The fraction of sp³-hybridized carbons (Fsp3) is 0.424. The standard InChI is InChI=1S/C59H66ClFN12O7S/c1-29(2)52(58(76)71-18-6-7-44(71)57(75)67-50(32(5)74)35-12-14-36(15-13-35)55-31(4)65-28-81-55)72(63)25-41(62)34-10-8-33(9-11-34)26-78-54-47(46-30(3)40(61)22-42-39(46)24-66-70-42)49(60)53-48-51(54)68-59(80-38-16-19-77-20-17-38)69-56(48)73-37-21-43(64-23-37)45(73)27-79-53/h8-15,22,24-25,28-29,32,37-38,43-45,50,52,64,74H,6-7,16-21,23,26-27,62-63H2,1-5H3,(H,66,70)(H,67,75)/b41-25-. The van der Waals surface area contributed by atoms with E-state index in [1.807, 2.05) is 69.3 Å². The van der Waals surface area contributed by atoms with Crippen molar-refractivity contribution in [2.24, 2.45) is 17.5 Å². The molecule has 4 saturated heterocycles. The van der Waals surface area contributed by atoms with Gasteiger partial charge in [-0.05, 0) is 79.8 Å². The normalized spacial score (nSPS) is 21.0. The number of halogens is 2. The summed E-state index contributed by atoms with van der Waals surface area (Å²) < 4.78 is 42.1. The molecule has 19 nitrogen and oxygen atoms in total. The number of nitrogens with one attached hydrogen (secondary N) is 3. The molecule has 7 aromatic rings. The van der Waals surface area contributed by atoms with Crippen molar-refractivity contribution in [2.75, 3.05) is 37.8 Å². The average molecular weight is 1140 g/mol. The molecule has 81 heavy (non-hydrogen) atoms. The molecule has 12 rings (SSSR count). The van der Waals surface area contributed by atoms with E-state index in [0.29, 0.717) is 119 Å². The number of H-pyrrole nitrogens is 1. The van der Waals surface area contributed by atoms with Crippen LogP contribution in [0, 0.1) is 25.6 Å². The number of aryl methyl sites for hydroxylation is 1. The van der Waals surface area contributed by atoms with Crippen LogP contribution in [0.3, 0.4) is 0 Å². The highest BCUT2D eigenvalue weighted by atomic mass is 35.5. The molecule has 0 aliphatic carbocycles. The third-order valence-corrected chi connectivity index (χ3v) is 18.0. The van der Waals surface area contributed by atoms with E-state index < -0.39 is 30.0 Å². The fourth-order valence-electron chi connectivity index (χ4n) is 12.5. The number of hydrogen-bond acceptors (Lipinski definition) is 17. The van der Waals surface area contributed by atoms with Crippen molar-refractivity contribution in [3.05, 3.63) is 111 Å². The number of nitrogens with two attached hydrogens (primary N) is 2. The monoisotopic (exact) mass is 1140 g/mol. The van der Waals surface area contributed by atoms with E-state index in [0.717, 1.165) is 40.2 Å². The number of ether oxygens (including phenoxy) is 4. The van der Waals surface area contributed by atoms with Crippen LogP contribution in [0.4, 0.5) is 10.2 Å². The fourth-order valence-corrected chi connectivity index (χ4v) is 13.6. The second kappa shape index (κ2) is 22.3. The van der Waals surface area contributed by atoms with Crippen LogP contribution >= 0.6 is 22.9 Å². The zero-order chi connectivity index (χ0) is 56.4. The Labute approximate surface area is 477 Å². The van der Waals surface area contributed by atoms with E-state index in [4.69, 9.17) is 52.1 Å². The average Bonchev–Trinajstić information content (AvgIpc) is 4.33. The van der Waals surface area contributed by atoms with E-state index in [1.165, 1.54) is 11.1 Å². The maximum atomic E-state index is 16.1. The molecule has 4 aromatic carbocycles. The van der Waals surface area contributed by atoms with Gasteiger partial charge in [-0.15, -0.1) is 11.3 Å². The van der Waals surface area contributed by atoms with Crippen molar-refractivity contribution in [3.63, 3.8) is 0 Å². The van der Waals surface area contributed by atoms with Crippen LogP contribution < -0.4 is 41.3 Å². The highest BCUT2D eigenvalue weighted by Crippen LogP contribution is 2.55. The number of rotatable bonds is 16. The number of piperazine rings is 1. The predicted molar refractivity (Wildman–Crippen MR) is 308 cm³/mol. The lowest BCUT2D eigenvalue weighted by Crippen LogP contribution is -2.56. The molecule has 2 amide bonds. The number of fused-ring (bicyclic) bond motifs is 7. The summed E-state index contributed by atoms with van der Waals surface area (Å²) >= 11 is 9.18. The van der Waals surface area contributed by atoms with Crippen molar-refractivity contribution in [2.45, 2.75) is 122 Å². The van der Waals surface area contributed by atoms with Crippen molar-refractivity contribution >= 4 is 68.1 Å². The summed E-state index contributed by atoms with van der Waals surface area (Å²) in [6, 6.07) is 14.7. The highest BCUT2D eigenvalue weighted by molar-refractivity contribution is 7.13. The van der Waals surface area contributed by atoms with E-state index in [1.54, 1.807) is 48.0 Å². The molecule has 22 heteroatoms. The zero-order valence-corrected chi connectivity index (χ0v) is 47.3. The number of amides is 2. The summed E-state index contributed by atoms with van der Waals surface area (Å²) in [5.41, 5.74) is 15.0. The quantitative estimate of drug-likeness (QED) is 0.0399.